The molecule has 1 aliphatic carbocycles. The highest BCUT2D eigenvalue weighted by atomic mass is 16.6. The predicted octanol–water partition coefficient (Wildman–Crippen LogP) is 5.23. The molecule has 2 atom stereocenters. The molecule has 0 saturated carbocycles. The lowest BCUT2D eigenvalue weighted by Crippen LogP contribution is -2.53. The van der Waals surface area contributed by atoms with Crippen molar-refractivity contribution < 1.29 is 24.2 Å². The fourth-order valence-corrected chi connectivity index (χ4v) is 3.85. The van der Waals surface area contributed by atoms with E-state index in [1.807, 2.05) is 0 Å². The minimum absolute atomic E-state index is 0.125. The number of ether oxygens (including phenoxy) is 1. The van der Waals surface area contributed by atoms with E-state index in [0.29, 0.717) is 6.42 Å². The molecule has 5 nitrogen and oxygen atoms in total. The van der Waals surface area contributed by atoms with E-state index in [1.54, 1.807) is 0 Å². The van der Waals surface area contributed by atoms with Gasteiger partial charge in [0.2, 0.25) is 5.60 Å². The molecule has 0 bridgehead atoms. The van der Waals surface area contributed by atoms with Gasteiger partial charge in [-0.1, -0.05) is 90.4 Å². The maximum atomic E-state index is 12.4. The highest BCUT2D eigenvalue weighted by Crippen LogP contribution is 2.27. The number of rotatable bonds is 17. The number of unbranched alkanes of at least 4 members (excludes halogenated alkanes) is 13. The highest BCUT2D eigenvalue weighted by Gasteiger charge is 2.52. The van der Waals surface area contributed by atoms with E-state index in [1.165, 1.54) is 77.2 Å². The zero-order chi connectivity index (χ0) is 21.5. The Hall–Kier alpha value is -1.49. The van der Waals surface area contributed by atoms with Crippen LogP contribution in [0.2, 0.25) is 0 Å². The summed E-state index contributed by atoms with van der Waals surface area (Å²) in [5, 5.41) is 10.5. The topological polar surface area (TPSA) is 80.7 Å². The smallest absolute Gasteiger partial charge is 0.303 e. The van der Waals surface area contributed by atoms with Crippen molar-refractivity contribution in [1.29, 1.82) is 0 Å². The van der Waals surface area contributed by atoms with Gasteiger partial charge in [0.05, 0.1) is 0 Å². The molecule has 0 amide bonds. The molecule has 5 heteroatoms. The van der Waals surface area contributed by atoms with Crippen molar-refractivity contribution in [2.45, 2.75) is 122 Å². The molecular weight excluding hydrogens is 368 g/mol. The molecule has 0 radical (unpaired) electrons. The molecule has 0 saturated heterocycles. The van der Waals surface area contributed by atoms with E-state index in [9.17, 15) is 19.5 Å². The van der Waals surface area contributed by atoms with Crippen LogP contribution >= 0.6 is 0 Å². The highest BCUT2D eigenvalue weighted by molar-refractivity contribution is 6.17. The average molecular weight is 409 g/mol. The lowest BCUT2D eigenvalue weighted by atomic mass is 9.89. The first-order chi connectivity index (χ1) is 13.9. The van der Waals surface area contributed by atoms with Crippen LogP contribution in [0.25, 0.3) is 0 Å². The van der Waals surface area contributed by atoms with Crippen molar-refractivity contribution in [3.8, 4) is 0 Å². The van der Waals surface area contributed by atoms with Crippen LogP contribution in [0, 0.1) is 0 Å². The van der Waals surface area contributed by atoms with Gasteiger partial charge >= 0.3 is 5.97 Å². The number of esters is 1. The normalized spacial score (nSPS) is 20.9. The van der Waals surface area contributed by atoms with Gasteiger partial charge in [-0.05, 0) is 18.6 Å². The second-order valence-corrected chi connectivity index (χ2v) is 8.29. The number of Topliss-reactive ketones (excluding diaryl/α,β-unsaturated/α-hetero) is 1. The summed E-state index contributed by atoms with van der Waals surface area (Å²) in [5.41, 5.74) is -2.23. The third-order valence-electron chi connectivity index (χ3n) is 5.69. The molecule has 0 aromatic heterocycles. The monoisotopic (exact) mass is 408 g/mol. The standard InChI is InChI=1S/C24H40O5/c1-3-4-5-6-7-8-9-10-11-12-13-14-15-16-17-21(26)24(28)22(27)18-19-23(24)29-20(2)25/h18-19,23,28H,3-17H2,1-2H3/t23-,24-/m1/s1. The van der Waals surface area contributed by atoms with Crippen LogP contribution in [0.1, 0.15) is 110 Å². The predicted molar refractivity (Wildman–Crippen MR) is 115 cm³/mol. The van der Waals surface area contributed by atoms with Crippen molar-refractivity contribution in [2.24, 2.45) is 0 Å². The average Bonchev–Trinajstić information content (AvgIpc) is 2.97. The number of carbonyl (C=O) groups excluding carboxylic acids is 3. The minimum atomic E-state index is -2.23. The third kappa shape index (κ3) is 9.24. The van der Waals surface area contributed by atoms with Crippen molar-refractivity contribution in [3.63, 3.8) is 0 Å². The van der Waals surface area contributed by atoms with Crippen molar-refractivity contribution in [3.05, 3.63) is 12.2 Å². The minimum Gasteiger partial charge on any atom is -0.454 e. The fraction of sp³-hybridized carbons (Fsp3) is 0.792. The maximum Gasteiger partial charge on any atom is 0.303 e. The summed E-state index contributed by atoms with van der Waals surface area (Å²) in [6.07, 6.45) is 18.4. The van der Waals surface area contributed by atoms with Crippen LogP contribution in [0.3, 0.4) is 0 Å². The molecule has 0 fully saturated rings. The van der Waals surface area contributed by atoms with E-state index >= 15 is 0 Å². The molecule has 166 valence electrons. The van der Waals surface area contributed by atoms with E-state index in [-0.39, 0.29) is 6.42 Å². The van der Waals surface area contributed by atoms with Gasteiger partial charge in [0.1, 0.15) is 0 Å². The Morgan fingerprint density at radius 2 is 1.34 bits per heavy atom. The summed E-state index contributed by atoms with van der Waals surface area (Å²) in [6.45, 7) is 3.44. The van der Waals surface area contributed by atoms with E-state index < -0.39 is 29.2 Å². The molecule has 1 rings (SSSR count). The SMILES string of the molecule is CCCCCCCCCCCCCCCCC(=O)[C@@]1(O)C(=O)C=C[C@H]1OC(C)=O. The molecule has 1 aliphatic rings. The molecule has 0 aromatic rings. The van der Waals surface area contributed by atoms with E-state index in [2.05, 4.69) is 6.92 Å². The van der Waals surface area contributed by atoms with Crippen molar-refractivity contribution in [1.82, 2.24) is 0 Å². The maximum absolute atomic E-state index is 12.4. The van der Waals surface area contributed by atoms with E-state index in [0.717, 1.165) is 25.3 Å². The zero-order valence-corrected chi connectivity index (χ0v) is 18.4. The zero-order valence-electron chi connectivity index (χ0n) is 18.4. The van der Waals surface area contributed by atoms with Gasteiger partial charge in [-0.25, -0.2) is 0 Å². The Morgan fingerprint density at radius 1 is 0.897 bits per heavy atom. The first kappa shape index (κ1) is 25.5. The van der Waals surface area contributed by atoms with Crippen LogP contribution in [0.4, 0.5) is 0 Å². The summed E-state index contributed by atoms with van der Waals surface area (Å²) in [6, 6.07) is 0. The lowest BCUT2D eigenvalue weighted by Gasteiger charge is -2.26. The second kappa shape index (κ2) is 14.5. The van der Waals surface area contributed by atoms with Crippen LogP contribution in [-0.2, 0) is 19.1 Å². The van der Waals surface area contributed by atoms with Gasteiger partial charge in [-0.15, -0.1) is 0 Å². The molecule has 0 unspecified atom stereocenters. The Kier molecular flexibility index (Phi) is 12.8. The summed E-state index contributed by atoms with van der Waals surface area (Å²) < 4.78 is 4.92. The summed E-state index contributed by atoms with van der Waals surface area (Å²) in [4.78, 5) is 35.4. The molecule has 0 aliphatic heterocycles. The molecule has 0 aromatic carbocycles. The van der Waals surface area contributed by atoms with Crippen LogP contribution in [0.5, 0.6) is 0 Å². The van der Waals surface area contributed by atoms with Gasteiger partial charge in [0.15, 0.2) is 17.7 Å². The van der Waals surface area contributed by atoms with Gasteiger partial charge in [-0.3, -0.25) is 14.4 Å². The second-order valence-electron chi connectivity index (χ2n) is 8.29. The number of carbonyl (C=O) groups is 3. The van der Waals surface area contributed by atoms with E-state index in [4.69, 9.17) is 4.74 Å². The Balaban J connectivity index is 2.05. The third-order valence-corrected chi connectivity index (χ3v) is 5.69. The molecule has 0 heterocycles. The summed E-state index contributed by atoms with van der Waals surface area (Å²) >= 11 is 0. The van der Waals surface area contributed by atoms with Crippen molar-refractivity contribution in [2.75, 3.05) is 0 Å². The largest absolute Gasteiger partial charge is 0.454 e. The molecule has 1 N–H and O–H groups in total. The van der Waals surface area contributed by atoms with Crippen LogP contribution < -0.4 is 0 Å². The van der Waals surface area contributed by atoms with Crippen molar-refractivity contribution >= 4 is 17.5 Å². The number of hydrogen-bond acceptors (Lipinski definition) is 5. The first-order valence-corrected chi connectivity index (χ1v) is 11.6. The molecule has 29 heavy (non-hydrogen) atoms. The number of hydrogen-bond donors (Lipinski definition) is 1. The summed E-state index contributed by atoms with van der Waals surface area (Å²) in [7, 11) is 0. The Bertz CT molecular complexity index is 539. The van der Waals surface area contributed by atoms with Gasteiger partial charge in [-0.2, -0.15) is 0 Å². The van der Waals surface area contributed by atoms with Gasteiger partial charge in [0.25, 0.3) is 0 Å². The Morgan fingerprint density at radius 3 is 1.79 bits per heavy atom. The van der Waals surface area contributed by atoms with Crippen LogP contribution in [-0.4, -0.2) is 34.3 Å². The number of aliphatic hydroxyl groups is 1. The van der Waals surface area contributed by atoms with Gasteiger partial charge in [0, 0.05) is 13.3 Å². The van der Waals surface area contributed by atoms with Crippen LogP contribution in [0.15, 0.2) is 12.2 Å². The lowest BCUT2D eigenvalue weighted by molar-refractivity contribution is -0.166. The Labute approximate surface area is 176 Å². The van der Waals surface area contributed by atoms with Gasteiger partial charge < -0.3 is 9.84 Å². The molecule has 0 spiro atoms. The molecular formula is C24H40O5. The quantitative estimate of drug-likeness (QED) is 0.202. The fourth-order valence-electron chi connectivity index (χ4n) is 3.85. The summed E-state index contributed by atoms with van der Waals surface area (Å²) in [5.74, 6) is -1.88. The number of ketones is 2. The first-order valence-electron chi connectivity index (χ1n) is 11.6.